The first-order valence-corrected chi connectivity index (χ1v) is 6.68. The summed E-state index contributed by atoms with van der Waals surface area (Å²) in [6, 6.07) is 2.00. The lowest BCUT2D eigenvalue weighted by Gasteiger charge is -2.33. The molecule has 1 amide bonds. The minimum absolute atomic E-state index is 0.0511. The maximum absolute atomic E-state index is 12.1. The molecule has 3 atom stereocenters. The summed E-state index contributed by atoms with van der Waals surface area (Å²) < 4.78 is 5.18. The van der Waals surface area contributed by atoms with Crippen LogP contribution in [-0.2, 0) is 6.54 Å². The summed E-state index contributed by atoms with van der Waals surface area (Å²) in [5.41, 5.74) is 6.03. The molecule has 3 N–H and O–H groups in total. The van der Waals surface area contributed by atoms with Gasteiger partial charge in [-0.1, -0.05) is 13.8 Å². The number of amides is 1. The minimum Gasteiger partial charge on any atom is -0.467 e. The molecule has 1 fully saturated rings. The molecule has 4 heteroatoms. The molecule has 2 rings (SSSR count). The third kappa shape index (κ3) is 2.93. The van der Waals surface area contributed by atoms with Gasteiger partial charge < -0.3 is 15.5 Å². The average Bonchev–Trinajstić information content (AvgIpc) is 2.81. The zero-order chi connectivity index (χ0) is 13.1. The van der Waals surface area contributed by atoms with E-state index in [1.807, 2.05) is 0 Å². The van der Waals surface area contributed by atoms with Crippen molar-refractivity contribution in [1.82, 2.24) is 5.32 Å². The lowest BCUT2D eigenvalue weighted by Crippen LogP contribution is -2.42. The number of carbonyl (C=O) groups is 1. The van der Waals surface area contributed by atoms with Crippen LogP contribution in [-0.4, -0.2) is 11.9 Å². The fourth-order valence-corrected chi connectivity index (χ4v) is 2.74. The predicted molar refractivity (Wildman–Crippen MR) is 70.0 cm³/mol. The number of rotatable bonds is 3. The van der Waals surface area contributed by atoms with Crippen molar-refractivity contribution in [3.8, 4) is 0 Å². The number of nitrogens with two attached hydrogens (primary N) is 1. The number of hydrogen-bond acceptors (Lipinski definition) is 3. The Morgan fingerprint density at radius 1 is 1.50 bits per heavy atom. The fraction of sp³-hybridized carbons (Fsp3) is 0.643. The van der Waals surface area contributed by atoms with Crippen molar-refractivity contribution < 1.29 is 9.21 Å². The lowest BCUT2D eigenvalue weighted by molar-refractivity contribution is 0.0899. The molecule has 0 spiro atoms. The molecule has 3 unspecified atom stereocenters. The van der Waals surface area contributed by atoms with E-state index in [1.165, 1.54) is 19.1 Å². The Hall–Kier alpha value is -1.29. The second-order valence-electron chi connectivity index (χ2n) is 5.48. The summed E-state index contributed by atoms with van der Waals surface area (Å²) in [6.45, 7) is 4.81. The van der Waals surface area contributed by atoms with Crippen molar-refractivity contribution in [3.63, 3.8) is 0 Å². The molecule has 18 heavy (non-hydrogen) atoms. The number of furan rings is 1. The molecule has 100 valence electrons. The van der Waals surface area contributed by atoms with Crippen molar-refractivity contribution >= 4 is 5.91 Å². The normalized spacial score (nSPS) is 28.1. The average molecular weight is 250 g/mol. The summed E-state index contributed by atoms with van der Waals surface area (Å²) in [6.07, 6.45) is 4.92. The lowest BCUT2D eigenvalue weighted by atomic mass is 9.80. The van der Waals surface area contributed by atoms with Crippen molar-refractivity contribution in [2.45, 2.75) is 45.7 Å². The Balaban J connectivity index is 1.94. The maximum Gasteiger partial charge on any atom is 0.254 e. The minimum atomic E-state index is -0.0511. The van der Waals surface area contributed by atoms with Crippen LogP contribution in [0.3, 0.4) is 0 Å². The van der Waals surface area contributed by atoms with Crippen molar-refractivity contribution in [2.75, 3.05) is 0 Å². The maximum atomic E-state index is 12.1. The van der Waals surface area contributed by atoms with E-state index in [-0.39, 0.29) is 11.9 Å². The predicted octanol–water partition coefficient (Wildman–Crippen LogP) is 2.29. The van der Waals surface area contributed by atoms with Gasteiger partial charge in [0.25, 0.3) is 5.91 Å². The van der Waals surface area contributed by atoms with E-state index in [0.29, 0.717) is 23.8 Å². The van der Waals surface area contributed by atoms with Crippen LogP contribution in [0.25, 0.3) is 0 Å². The zero-order valence-corrected chi connectivity index (χ0v) is 11.1. The first kappa shape index (κ1) is 13.1. The summed E-state index contributed by atoms with van der Waals surface area (Å²) in [4.78, 5) is 12.1. The SMILES string of the molecule is CC1CCC(NC(=O)c2coc(CN)c2)C(C)C1. The summed E-state index contributed by atoms with van der Waals surface area (Å²) in [7, 11) is 0. The summed E-state index contributed by atoms with van der Waals surface area (Å²) in [5, 5.41) is 3.10. The van der Waals surface area contributed by atoms with Gasteiger partial charge in [-0.2, -0.15) is 0 Å². The Labute approximate surface area is 108 Å². The van der Waals surface area contributed by atoms with Gasteiger partial charge in [-0.3, -0.25) is 4.79 Å². The van der Waals surface area contributed by atoms with E-state index in [9.17, 15) is 4.79 Å². The molecule has 1 aliphatic carbocycles. The fourth-order valence-electron chi connectivity index (χ4n) is 2.74. The van der Waals surface area contributed by atoms with Gasteiger partial charge in [0.2, 0.25) is 0 Å². The monoisotopic (exact) mass is 250 g/mol. The molecular weight excluding hydrogens is 228 g/mol. The highest BCUT2D eigenvalue weighted by molar-refractivity contribution is 5.94. The molecular formula is C14H22N2O2. The van der Waals surface area contributed by atoms with Crippen LogP contribution < -0.4 is 11.1 Å². The quantitative estimate of drug-likeness (QED) is 0.864. The van der Waals surface area contributed by atoms with Gasteiger partial charge in [0.05, 0.1) is 12.1 Å². The molecule has 1 aromatic heterocycles. The molecule has 0 radical (unpaired) electrons. The van der Waals surface area contributed by atoms with Crippen LogP contribution in [0.15, 0.2) is 16.7 Å². The van der Waals surface area contributed by atoms with E-state index >= 15 is 0 Å². The third-order valence-corrected chi connectivity index (χ3v) is 3.87. The van der Waals surface area contributed by atoms with Gasteiger partial charge in [-0.25, -0.2) is 0 Å². The smallest absolute Gasteiger partial charge is 0.254 e. The Kier molecular flexibility index (Phi) is 4.07. The van der Waals surface area contributed by atoms with E-state index in [1.54, 1.807) is 6.07 Å². The van der Waals surface area contributed by atoms with Crippen molar-refractivity contribution in [3.05, 3.63) is 23.7 Å². The van der Waals surface area contributed by atoms with Crippen molar-refractivity contribution in [1.29, 1.82) is 0 Å². The molecule has 1 aliphatic rings. The Morgan fingerprint density at radius 2 is 2.28 bits per heavy atom. The topological polar surface area (TPSA) is 68.3 Å². The molecule has 1 aromatic rings. The van der Waals surface area contributed by atoms with Crippen LogP contribution in [0.5, 0.6) is 0 Å². The van der Waals surface area contributed by atoms with Crippen LogP contribution in [0.1, 0.15) is 49.2 Å². The van der Waals surface area contributed by atoms with Crippen LogP contribution in [0, 0.1) is 11.8 Å². The van der Waals surface area contributed by atoms with Gasteiger partial charge in [0, 0.05) is 6.04 Å². The first-order valence-electron chi connectivity index (χ1n) is 6.68. The van der Waals surface area contributed by atoms with Gasteiger partial charge in [-0.05, 0) is 37.2 Å². The summed E-state index contributed by atoms with van der Waals surface area (Å²) in [5.74, 6) is 1.90. The van der Waals surface area contributed by atoms with E-state index in [2.05, 4.69) is 19.2 Å². The highest BCUT2D eigenvalue weighted by Gasteiger charge is 2.27. The summed E-state index contributed by atoms with van der Waals surface area (Å²) >= 11 is 0. The highest BCUT2D eigenvalue weighted by atomic mass is 16.3. The van der Waals surface area contributed by atoms with Crippen molar-refractivity contribution in [2.24, 2.45) is 17.6 Å². The zero-order valence-electron chi connectivity index (χ0n) is 11.1. The van der Waals surface area contributed by atoms with Crippen LogP contribution in [0.2, 0.25) is 0 Å². The molecule has 0 bridgehead atoms. The standard InChI is InChI=1S/C14H22N2O2/c1-9-3-4-13(10(2)5-9)16-14(17)11-6-12(7-15)18-8-11/h6,8-10,13H,3-5,7,15H2,1-2H3,(H,16,17). The Bertz CT molecular complexity index is 414. The highest BCUT2D eigenvalue weighted by Crippen LogP contribution is 2.28. The number of nitrogens with one attached hydrogen (secondary N) is 1. The van der Waals surface area contributed by atoms with Gasteiger partial charge in [0.15, 0.2) is 0 Å². The Morgan fingerprint density at radius 3 is 2.89 bits per heavy atom. The van der Waals surface area contributed by atoms with E-state index in [4.69, 9.17) is 10.2 Å². The van der Waals surface area contributed by atoms with Crippen LogP contribution >= 0.6 is 0 Å². The van der Waals surface area contributed by atoms with Crippen LogP contribution in [0.4, 0.5) is 0 Å². The van der Waals surface area contributed by atoms with E-state index < -0.39 is 0 Å². The van der Waals surface area contributed by atoms with Gasteiger partial charge in [0.1, 0.15) is 12.0 Å². The molecule has 0 aromatic carbocycles. The largest absolute Gasteiger partial charge is 0.467 e. The molecule has 4 nitrogen and oxygen atoms in total. The molecule has 1 heterocycles. The third-order valence-electron chi connectivity index (χ3n) is 3.87. The van der Waals surface area contributed by atoms with Gasteiger partial charge >= 0.3 is 0 Å². The molecule has 0 saturated heterocycles. The molecule has 0 aliphatic heterocycles. The molecule has 1 saturated carbocycles. The van der Waals surface area contributed by atoms with Gasteiger partial charge in [-0.15, -0.1) is 0 Å². The second kappa shape index (κ2) is 5.57. The first-order chi connectivity index (χ1) is 8.60. The second-order valence-corrected chi connectivity index (χ2v) is 5.48. The number of hydrogen-bond donors (Lipinski definition) is 2. The van der Waals surface area contributed by atoms with E-state index in [0.717, 1.165) is 12.3 Å². The number of carbonyl (C=O) groups excluding carboxylic acids is 1.